The molecule has 0 aliphatic heterocycles. The Hall–Kier alpha value is -0.473. The number of halogens is 15. The lowest BCUT2D eigenvalue weighted by Gasteiger charge is -2.45. The minimum atomic E-state index is -8.08. The summed E-state index contributed by atoms with van der Waals surface area (Å²) in [6.45, 7) is 0.771. The topological polar surface area (TPSA) is 0 Å². The van der Waals surface area contributed by atoms with E-state index in [0.717, 1.165) is 0 Å². The van der Waals surface area contributed by atoms with E-state index in [1.165, 1.54) is 0 Å². The average molecular weight is 459 g/mol. The lowest BCUT2D eigenvalue weighted by Crippen LogP contribution is -2.73. The van der Waals surface area contributed by atoms with Gasteiger partial charge in [0.25, 0.3) is 5.13 Å². The summed E-state index contributed by atoms with van der Waals surface area (Å²) < 4.78 is 181. The van der Waals surface area contributed by atoms with Crippen LogP contribution in [-0.2, 0) is 0 Å². The van der Waals surface area contributed by atoms with E-state index < -0.39 is 56.2 Å². The van der Waals surface area contributed by atoms with Gasteiger partial charge in [-0.15, -0.1) is 0 Å². The van der Waals surface area contributed by atoms with Crippen LogP contribution in [0.1, 0.15) is 13.8 Å². The van der Waals surface area contributed by atoms with E-state index in [-0.39, 0.29) is 0 Å². The molecule has 1 atom stereocenters. The number of hydrogen-bond acceptors (Lipinski definition) is 0. The van der Waals surface area contributed by atoms with Crippen molar-refractivity contribution < 1.29 is 61.5 Å². The summed E-state index contributed by atoms with van der Waals surface area (Å²) in [7, 11) is -0.870. The molecular formula is C10H9ClF14Si. The first-order chi connectivity index (χ1) is 10.8. The molecule has 0 bridgehead atoms. The zero-order valence-corrected chi connectivity index (χ0v) is 15.4. The normalized spacial score (nSPS) is 18.8. The number of rotatable bonds is 6. The maximum Gasteiger partial charge on any atom is 0.460 e. The molecule has 0 saturated carbocycles. The molecule has 0 radical (unpaired) electrons. The molecule has 0 aromatic rings. The first kappa shape index (κ1) is 25.5. The highest BCUT2D eigenvalue weighted by molar-refractivity contribution is 6.30. The Kier molecular flexibility index (Phi) is 5.90. The predicted octanol–water partition coefficient (Wildman–Crippen LogP) is 5.19. The highest BCUT2D eigenvalue weighted by atomic mass is 35.5. The van der Waals surface area contributed by atoms with Gasteiger partial charge in [0.1, 0.15) is 0 Å². The van der Waals surface area contributed by atoms with Gasteiger partial charge in [-0.1, -0.05) is 25.4 Å². The van der Waals surface area contributed by atoms with Crippen LogP contribution < -0.4 is 0 Å². The van der Waals surface area contributed by atoms with Crippen LogP contribution in [0.15, 0.2) is 0 Å². The monoisotopic (exact) mass is 458 g/mol. The maximum atomic E-state index is 13.9. The van der Waals surface area contributed by atoms with Gasteiger partial charge in [0.15, 0.2) is 0 Å². The summed E-state index contributed by atoms with van der Waals surface area (Å²) in [6, 6.07) is 0. The highest BCUT2D eigenvalue weighted by Gasteiger charge is 2.93. The molecule has 0 fully saturated rings. The molecule has 0 nitrogen and oxygen atoms in total. The van der Waals surface area contributed by atoms with Crippen molar-refractivity contribution in [2.24, 2.45) is 0 Å². The first-order valence-corrected chi connectivity index (χ1v) is 7.46. The van der Waals surface area contributed by atoms with Crippen molar-refractivity contribution in [1.29, 1.82) is 0 Å². The molecule has 0 saturated heterocycles. The fraction of sp³-hybridized carbons (Fsp3) is 1.00. The van der Waals surface area contributed by atoms with E-state index in [0.29, 0.717) is 13.8 Å². The summed E-state index contributed by atoms with van der Waals surface area (Å²) in [5, 5.41) is -7.93. The van der Waals surface area contributed by atoms with E-state index in [2.05, 4.69) is 11.6 Å². The summed E-state index contributed by atoms with van der Waals surface area (Å²) in [5.74, 6) is -38.7. The van der Waals surface area contributed by atoms with Gasteiger partial charge in [-0.25, -0.2) is 4.39 Å². The molecular weight excluding hydrogens is 450 g/mol. The molecule has 0 rings (SSSR count). The Morgan fingerprint density at radius 3 is 0.962 bits per heavy atom. The first-order valence-electron chi connectivity index (χ1n) is 6.08. The molecule has 0 N–H and O–H groups in total. The van der Waals surface area contributed by atoms with Gasteiger partial charge in [0, 0.05) is 15.3 Å². The van der Waals surface area contributed by atoms with E-state index in [4.69, 9.17) is 0 Å². The third-order valence-corrected chi connectivity index (χ3v) is 5.08. The van der Waals surface area contributed by atoms with Crippen molar-refractivity contribution in [3.8, 4) is 0 Å². The molecule has 158 valence electrons. The Bertz CT molecular complexity index is 481. The summed E-state index contributed by atoms with van der Waals surface area (Å²) in [4.78, 5) is 0. The van der Waals surface area contributed by atoms with Gasteiger partial charge in [0.2, 0.25) is 0 Å². The zero-order valence-electron chi connectivity index (χ0n) is 12.7. The highest BCUT2D eigenvalue weighted by Crippen LogP contribution is 2.65. The second-order valence-corrected chi connectivity index (χ2v) is 9.21. The SMILES string of the molecule is CC(C)([SiH3])C(F)(Cl)C(F)(F)C(F)(F)C(F)(F)C(F)(F)C(F)(F)C(F)(F)F. The third kappa shape index (κ3) is 3.05. The van der Waals surface area contributed by atoms with Crippen LogP contribution in [0.4, 0.5) is 61.5 Å². The molecule has 0 aromatic carbocycles. The molecule has 0 amide bonds. The Morgan fingerprint density at radius 1 is 0.500 bits per heavy atom. The molecule has 0 spiro atoms. The van der Waals surface area contributed by atoms with Crippen LogP contribution in [0.2, 0.25) is 5.04 Å². The van der Waals surface area contributed by atoms with Crippen LogP contribution in [0, 0.1) is 0 Å². The molecule has 0 aliphatic carbocycles. The van der Waals surface area contributed by atoms with Crippen LogP contribution in [-0.4, -0.2) is 51.2 Å². The smallest absolute Gasteiger partial charge is 0.219 e. The van der Waals surface area contributed by atoms with Gasteiger partial charge < -0.3 is 0 Å². The van der Waals surface area contributed by atoms with Gasteiger partial charge in [-0.05, 0) is 0 Å². The largest absolute Gasteiger partial charge is 0.460 e. The summed E-state index contributed by atoms with van der Waals surface area (Å²) in [6.07, 6.45) is -7.52. The Balaban J connectivity index is 6.61. The fourth-order valence-corrected chi connectivity index (χ4v) is 1.87. The van der Waals surface area contributed by atoms with Crippen LogP contribution in [0.25, 0.3) is 0 Å². The third-order valence-electron chi connectivity index (χ3n) is 3.27. The minimum Gasteiger partial charge on any atom is -0.219 e. The maximum absolute atomic E-state index is 13.9. The van der Waals surface area contributed by atoms with Crippen LogP contribution in [0.3, 0.4) is 0 Å². The second kappa shape index (κ2) is 6.01. The van der Waals surface area contributed by atoms with E-state index in [9.17, 15) is 61.5 Å². The second-order valence-electron chi connectivity index (χ2n) is 6.19. The van der Waals surface area contributed by atoms with Crippen molar-refractivity contribution >= 4 is 21.8 Å². The zero-order chi connectivity index (χ0) is 22.0. The standard InChI is InChI=1S/C10H9ClF14Si/c1-3(2,26)4(11,12)5(13,14)6(15,16)7(17,18)8(19,20)9(21,22)10(23,24)25/h1-2,26H3. The van der Waals surface area contributed by atoms with Crippen LogP contribution in [0.5, 0.6) is 0 Å². The van der Waals surface area contributed by atoms with Crippen molar-refractivity contribution in [3.05, 3.63) is 0 Å². The lowest BCUT2D eigenvalue weighted by atomic mass is 9.88. The molecule has 1 unspecified atom stereocenters. The van der Waals surface area contributed by atoms with Crippen LogP contribution >= 0.6 is 11.6 Å². The molecule has 0 heterocycles. The molecule has 16 heteroatoms. The summed E-state index contributed by atoms with van der Waals surface area (Å²) >= 11 is 4.50. The van der Waals surface area contributed by atoms with Gasteiger partial charge >= 0.3 is 35.8 Å². The van der Waals surface area contributed by atoms with E-state index in [1.807, 2.05) is 0 Å². The van der Waals surface area contributed by atoms with Gasteiger partial charge in [-0.3, -0.25) is 0 Å². The Morgan fingerprint density at radius 2 is 0.731 bits per heavy atom. The van der Waals surface area contributed by atoms with Crippen molar-refractivity contribution in [2.45, 2.75) is 59.8 Å². The van der Waals surface area contributed by atoms with Crippen molar-refractivity contribution in [3.63, 3.8) is 0 Å². The van der Waals surface area contributed by atoms with Crippen molar-refractivity contribution in [2.75, 3.05) is 0 Å². The number of hydrogen-bond donors (Lipinski definition) is 0. The van der Waals surface area contributed by atoms with Crippen molar-refractivity contribution in [1.82, 2.24) is 0 Å². The lowest BCUT2D eigenvalue weighted by molar-refractivity contribution is -0.445. The summed E-state index contributed by atoms with van der Waals surface area (Å²) in [5.41, 5.74) is 0. The predicted molar refractivity (Wildman–Crippen MR) is 64.5 cm³/mol. The van der Waals surface area contributed by atoms with Gasteiger partial charge in [0.05, 0.1) is 0 Å². The quantitative estimate of drug-likeness (QED) is 0.292. The minimum absolute atomic E-state index is 0.386. The average Bonchev–Trinajstić information content (AvgIpc) is 2.34. The molecule has 0 aliphatic rings. The molecule has 0 aromatic heterocycles. The van der Waals surface area contributed by atoms with Gasteiger partial charge in [-0.2, -0.15) is 57.1 Å². The fourth-order valence-electron chi connectivity index (χ4n) is 1.44. The van der Waals surface area contributed by atoms with E-state index >= 15 is 0 Å². The molecule has 26 heavy (non-hydrogen) atoms. The number of alkyl halides is 15. The Labute approximate surface area is 144 Å². The van der Waals surface area contributed by atoms with E-state index in [1.54, 1.807) is 0 Å².